The predicted octanol–water partition coefficient (Wildman–Crippen LogP) is 4.04. The Labute approximate surface area is 81.1 Å². The quantitative estimate of drug-likeness (QED) is 0.690. The molecule has 0 nitrogen and oxygen atoms in total. The lowest BCUT2D eigenvalue weighted by atomic mass is 10.2. The van der Waals surface area contributed by atoms with Crippen LogP contribution in [0.1, 0.15) is 18.4 Å². The molecule has 0 aliphatic rings. The summed E-state index contributed by atoms with van der Waals surface area (Å²) in [6.07, 6.45) is -1.52. The summed E-state index contributed by atoms with van der Waals surface area (Å²) in [6, 6.07) is 9.27. The van der Waals surface area contributed by atoms with Crippen LogP contribution in [-0.2, 0) is 0 Å². The Hall–Kier alpha value is -1.25. The van der Waals surface area contributed by atoms with E-state index in [1.165, 1.54) is 0 Å². The number of benzene rings is 1. The van der Waals surface area contributed by atoms with Crippen LogP contribution in [0.25, 0.3) is 6.08 Å². The molecule has 76 valence electrons. The van der Waals surface area contributed by atoms with Crippen molar-refractivity contribution in [3.05, 3.63) is 42.0 Å². The van der Waals surface area contributed by atoms with E-state index in [4.69, 9.17) is 0 Å². The molecule has 0 saturated carbocycles. The van der Waals surface area contributed by atoms with Crippen molar-refractivity contribution in [2.45, 2.75) is 19.0 Å². The topological polar surface area (TPSA) is 0 Å². The Morgan fingerprint density at radius 2 is 1.71 bits per heavy atom. The lowest BCUT2D eigenvalue weighted by Gasteiger charge is -2.01. The Morgan fingerprint density at radius 1 is 1.07 bits per heavy atom. The second-order valence-electron chi connectivity index (χ2n) is 2.97. The summed E-state index contributed by atoms with van der Waals surface area (Å²) in [5, 5.41) is 0. The Morgan fingerprint density at radius 3 is 2.29 bits per heavy atom. The maximum absolute atomic E-state index is 11.7. The van der Waals surface area contributed by atoms with E-state index in [0.717, 1.165) is 5.56 Å². The van der Waals surface area contributed by atoms with Crippen molar-refractivity contribution in [3.63, 3.8) is 0 Å². The van der Waals surface area contributed by atoms with Crippen LogP contribution in [0.15, 0.2) is 36.4 Å². The van der Waals surface area contributed by atoms with Crippen molar-refractivity contribution in [2.75, 3.05) is 0 Å². The molecule has 0 amide bonds. The minimum Gasteiger partial charge on any atom is -0.171 e. The van der Waals surface area contributed by atoms with E-state index in [9.17, 15) is 13.2 Å². The lowest BCUT2D eigenvalue weighted by Crippen LogP contribution is -2.05. The first-order chi connectivity index (χ1) is 6.58. The highest BCUT2D eigenvalue weighted by molar-refractivity contribution is 5.48. The molecule has 14 heavy (non-hydrogen) atoms. The van der Waals surface area contributed by atoms with Gasteiger partial charge in [-0.25, -0.2) is 0 Å². The van der Waals surface area contributed by atoms with E-state index in [1.807, 2.05) is 30.3 Å². The van der Waals surface area contributed by atoms with Crippen LogP contribution in [-0.4, -0.2) is 6.18 Å². The number of allylic oxidation sites excluding steroid dienone is 1. The third-order valence-electron chi connectivity index (χ3n) is 1.70. The molecule has 0 radical (unpaired) electrons. The SMILES string of the molecule is FC(F)(F)CC/C=C/c1ccccc1. The summed E-state index contributed by atoms with van der Waals surface area (Å²) in [7, 11) is 0. The third-order valence-corrected chi connectivity index (χ3v) is 1.70. The van der Waals surface area contributed by atoms with Gasteiger partial charge in [-0.05, 0) is 12.0 Å². The fourth-order valence-electron chi connectivity index (χ4n) is 1.03. The van der Waals surface area contributed by atoms with Crippen LogP contribution < -0.4 is 0 Å². The molecule has 1 aromatic rings. The summed E-state index contributed by atoms with van der Waals surface area (Å²) in [6.45, 7) is 0. The molecule has 0 fully saturated rings. The average molecular weight is 200 g/mol. The molecule has 0 heterocycles. The van der Waals surface area contributed by atoms with Crippen molar-refractivity contribution < 1.29 is 13.2 Å². The highest BCUT2D eigenvalue weighted by Gasteiger charge is 2.25. The molecule has 1 aromatic carbocycles. The maximum Gasteiger partial charge on any atom is 0.389 e. The Kier molecular flexibility index (Phi) is 3.74. The zero-order chi connectivity index (χ0) is 10.4. The van der Waals surface area contributed by atoms with E-state index < -0.39 is 12.6 Å². The largest absolute Gasteiger partial charge is 0.389 e. The molecular weight excluding hydrogens is 189 g/mol. The fourth-order valence-corrected chi connectivity index (χ4v) is 1.03. The molecule has 0 bridgehead atoms. The Bertz CT molecular complexity index is 285. The van der Waals surface area contributed by atoms with Gasteiger partial charge in [0.15, 0.2) is 0 Å². The van der Waals surface area contributed by atoms with E-state index in [1.54, 1.807) is 12.2 Å². The number of hydrogen-bond donors (Lipinski definition) is 0. The van der Waals surface area contributed by atoms with Gasteiger partial charge >= 0.3 is 6.18 Å². The van der Waals surface area contributed by atoms with Crippen molar-refractivity contribution in [2.24, 2.45) is 0 Å². The van der Waals surface area contributed by atoms with E-state index in [0.29, 0.717) is 0 Å². The molecule has 0 aliphatic carbocycles. The normalized spacial score (nSPS) is 12.2. The van der Waals surface area contributed by atoms with Crippen LogP contribution in [0.3, 0.4) is 0 Å². The fraction of sp³-hybridized carbons (Fsp3) is 0.273. The van der Waals surface area contributed by atoms with Crippen molar-refractivity contribution in [1.29, 1.82) is 0 Å². The van der Waals surface area contributed by atoms with Crippen LogP contribution in [0.5, 0.6) is 0 Å². The van der Waals surface area contributed by atoms with E-state index in [2.05, 4.69) is 0 Å². The van der Waals surface area contributed by atoms with Crippen LogP contribution in [0, 0.1) is 0 Å². The molecular formula is C11H11F3. The maximum atomic E-state index is 11.7. The second-order valence-corrected chi connectivity index (χ2v) is 2.97. The molecule has 0 saturated heterocycles. The lowest BCUT2D eigenvalue weighted by molar-refractivity contribution is -0.133. The smallest absolute Gasteiger partial charge is 0.171 e. The third kappa shape index (κ3) is 4.70. The highest BCUT2D eigenvalue weighted by atomic mass is 19.4. The first-order valence-electron chi connectivity index (χ1n) is 4.36. The van der Waals surface area contributed by atoms with Gasteiger partial charge in [0, 0.05) is 6.42 Å². The molecule has 0 unspecified atom stereocenters. The monoisotopic (exact) mass is 200 g/mol. The summed E-state index contributed by atoms with van der Waals surface area (Å²) in [4.78, 5) is 0. The van der Waals surface area contributed by atoms with Crippen LogP contribution in [0.4, 0.5) is 13.2 Å². The first kappa shape index (κ1) is 10.8. The van der Waals surface area contributed by atoms with Crippen LogP contribution >= 0.6 is 0 Å². The van der Waals surface area contributed by atoms with Gasteiger partial charge in [0.1, 0.15) is 0 Å². The van der Waals surface area contributed by atoms with Gasteiger partial charge < -0.3 is 0 Å². The van der Waals surface area contributed by atoms with Crippen molar-refractivity contribution >= 4 is 6.08 Å². The summed E-state index contributed by atoms with van der Waals surface area (Å²) in [5.41, 5.74) is 0.926. The van der Waals surface area contributed by atoms with Crippen molar-refractivity contribution in [3.8, 4) is 0 Å². The van der Waals surface area contributed by atoms with Gasteiger partial charge in [-0.15, -0.1) is 0 Å². The number of hydrogen-bond acceptors (Lipinski definition) is 0. The number of halogens is 3. The standard InChI is InChI=1S/C11H11F3/c12-11(13,14)9-5-4-8-10-6-2-1-3-7-10/h1-4,6-8H,5,9H2/b8-4+. The zero-order valence-corrected chi connectivity index (χ0v) is 7.59. The highest BCUT2D eigenvalue weighted by Crippen LogP contribution is 2.21. The molecule has 1 rings (SSSR count). The van der Waals surface area contributed by atoms with Gasteiger partial charge in [-0.1, -0.05) is 42.5 Å². The second kappa shape index (κ2) is 4.84. The first-order valence-corrected chi connectivity index (χ1v) is 4.36. The minimum absolute atomic E-state index is 0.0401. The molecule has 0 aromatic heterocycles. The van der Waals surface area contributed by atoms with Gasteiger partial charge in [0.2, 0.25) is 0 Å². The Balaban J connectivity index is 2.35. The van der Waals surface area contributed by atoms with E-state index >= 15 is 0 Å². The molecule has 0 N–H and O–H groups in total. The average Bonchev–Trinajstić information content (AvgIpc) is 2.13. The molecule has 0 atom stereocenters. The summed E-state index contributed by atoms with van der Waals surface area (Å²) in [5.74, 6) is 0. The van der Waals surface area contributed by atoms with Gasteiger partial charge in [-0.2, -0.15) is 13.2 Å². The van der Waals surface area contributed by atoms with Crippen LogP contribution in [0.2, 0.25) is 0 Å². The predicted molar refractivity (Wildman–Crippen MR) is 50.8 cm³/mol. The molecule has 0 aliphatic heterocycles. The number of rotatable bonds is 3. The summed E-state index contributed by atoms with van der Waals surface area (Å²) >= 11 is 0. The van der Waals surface area contributed by atoms with Gasteiger partial charge in [0.05, 0.1) is 0 Å². The number of alkyl halides is 3. The molecule has 0 spiro atoms. The zero-order valence-electron chi connectivity index (χ0n) is 7.59. The van der Waals surface area contributed by atoms with Crippen molar-refractivity contribution in [1.82, 2.24) is 0 Å². The van der Waals surface area contributed by atoms with Gasteiger partial charge in [-0.3, -0.25) is 0 Å². The van der Waals surface area contributed by atoms with Gasteiger partial charge in [0.25, 0.3) is 0 Å². The van der Waals surface area contributed by atoms with E-state index in [-0.39, 0.29) is 6.42 Å². The molecule has 3 heteroatoms. The summed E-state index contributed by atoms with van der Waals surface area (Å²) < 4.78 is 35.2. The minimum atomic E-state index is -4.05.